The molecule has 4 heterocycles. The Morgan fingerprint density at radius 1 is 1.18 bits per heavy atom. The Bertz CT molecular complexity index is 1760. The zero-order chi connectivity index (χ0) is 28.4. The quantitative estimate of drug-likeness (QED) is 0.349. The zero-order valence-corrected chi connectivity index (χ0v) is 21.8. The minimum absolute atomic E-state index is 0.0124. The molecule has 6 rings (SSSR count). The number of imidazole rings is 1. The molecule has 0 spiro atoms. The lowest BCUT2D eigenvalue weighted by Gasteiger charge is -2.26. The Balaban J connectivity index is 1.19. The molecule has 1 fully saturated rings. The lowest BCUT2D eigenvalue weighted by molar-refractivity contribution is -0.0496. The van der Waals surface area contributed by atoms with E-state index in [0.29, 0.717) is 22.7 Å². The van der Waals surface area contributed by atoms with E-state index in [-0.39, 0.29) is 46.4 Å². The molecule has 16 heteroatoms. The van der Waals surface area contributed by atoms with E-state index in [4.69, 9.17) is 0 Å². The maximum Gasteiger partial charge on any atom is 0.511 e. The molecular formula is C24H22F4N8O3S. The molecule has 4 aromatic rings. The number of aromatic nitrogens is 6. The number of benzene rings is 1. The highest BCUT2D eigenvalue weighted by atomic mass is 32.2. The number of nitrogens with zero attached hydrogens (tertiary/aromatic N) is 7. The fourth-order valence-electron chi connectivity index (χ4n) is 4.61. The molecule has 210 valence electrons. The molecule has 0 radical (unpaired) electrons. The van der Waals surface area contributed by atoms with Gasteiger partial charge in [0, 0.05) is 31.4 Å². The van der Waals surface area contributed by atoms with Crippen LogP contribution in [0.15, 0.2) is 30.6 Å². The maximum atomic E-state index is 15.1. The molecule has 2 aliphatic rings. The van der Waals surface area contributed by atoms with Gasteiger partial charge in [-0.25, -0.2) is 32.4 Å². The number of sulfonamides is 1. The van der Waals surface area contributed by atoms with E-state index in [1.54, 1.807) is 22.9 Å². The predicted octanol–water partition coefficient (Wildman–Crippen LogP) is 2.91. The summed E-state index contributed by atoms with van der Waals surface area (Å²) < 4.78 is 80.6. The third-order valence-corrected chi connectivity index (χ3v) is 8.38. The molecule has 1 amide bonds. The summed E-state index contributed by atoms with van der Waals surface area (Å²) in [5.41, 5.74) is -3.04. The number of amides is 1. The topological polar surface area (TPSA) is 127 Å². The van der Waals surface area contributed by atoms with Crippen LogP contribution < -0.4 is 5.32 Å². The normalized spacial score (nSPS) is 16.3. The highest BCUT2D eigenvalue weighted by Crippen LogP contribution is 2.41. The van der Waals surface area contributed by atoms with Crippen molar-refractivity contribution in [1.29, 1.82) is 0 Å². The van der Waals surface area contributed by atoms with Gasteiger partial charge in [0.15, 0.2) is 5.82 Å². The van der Waals surface area contributed by atoms with Crippen LogP contribution in [0.2, 0.25) is 0 Å². The maximum absolute atomic E-state index is 15.1. The Morgan fingerprint density at radius 2 is 1.95 bits per heavy atom. The molecule has 1 N–H and O–H groups in total. The first-order valence-electron chi connectivity index (χ1n) is 12.3. The molecule has 0 saturated heterocycles. The van der Waals surface area contributed by atoms with Gasteiger partial charge in [0.1, 0.15) is 17.3 Å². The number of carbonyl (C=O) groups excluding carboxylic acids is 1. The number of hydrogen-bond acceptors (Lipinski definition) is 7. The standard InChI is InChI=1S/C24H22F4N8O3S/c1-13-9-30-23-32-19(15-3-4-15)20(35(23)11-13)22(37)29-10-14-2-5-16(17(25)8-14)21-31-18-12-34(6-7-36(18)33-21)40(38,39)24(26,27)28/h2,5,8-9,11,15H,3-4,6-7,10,12H2,1H3,(H,29,37). The van der Waals surface area contributed by atoms with Crippen LogP contribution in [0, 0.1) is 12.7 Å². The number of rotatable bonds is 6. The van der Waals surface area contributed by atoms with E-state index in [9.17, 15) is 26.4 Å². The summed E-state index contributed by atoms with van der Waals surface area (Å²) in [5.74, 6) is -0.558. The number of nitrogens with one attached hydrogen (secondary N) is 1. The first-order valence-corrected chi connectivity index (χ1v) is 13.8. The number of aryl methyl sites for hydroxylation is 1. The lowest BCUT2D eigenvalue weighted by Crippen LogP contribution is -2.44. The molecule has 1 saturated carbocycles. The molecule has 40 heavy (non-hydrogen) atoms. The Labute approximate surface area is 224 Å². The van der Waals surface area contributed by atoms with E-state index in [1.807, 2.05) is 6.92 Å². The van der Waals surface area contributed by atoms with E-state index < -0.39 is 34.4 Å². The van der Waals surface area contributed by atoms with Crippen LogP contribution >= 0.6 is 0 Å². The third-order valence-electron chi connectivity index (χ3n) is 6.80. The highest BCUT2D eigenvalue weighted by molar-refractivity contribution is 7.89. The molecule has 1 aromatic carbocycles. The number of hydrogen-bond donors (Lipinski definition) is 1. The molecule has 0 atom stereocenters. The number of carbonyl (C=O) groups is 1. The van der Waals surface area contributed by atoms with Gasteiger partial charge in [0.05, 0.1) is 24.3 Å². The SMILES string of the molecule is Cc1cnc2nc(C3CC3)c(C(=O)NCc3ccc(-c4nc5n(n4)CCN(S(=O)(=O)C(F)(F)F)C5)c(F)c3)n2c1. The van der Waals surface area contributed by atoms with Crippen molar-refractivity contribution >= 4 is 21.7 Å². The predicted molar refractivity (Wildman–Crippen MR) is 132 cm³/mol. The van der Waals surface area contributed by atoms with Crippen molar-refractivity contribution in [2.75, 3.05) is 6.54 Å². The van der Waals surface area contributed by atoms with E-state index >= 15 is 4.39 Å². The molecule has 1 aliphatic carbocycles. The van der Waals surface area contributed by atoms with Crippen LogP contribution in [-0.2, 0) is 29.7 Å². The molecule has 11 nitrogen and oxygen atoms in total. The minimum Gasteiger partial charge on any atom is -0.347 e. The van der Waals surface area contributed by atoms with Crippen LogP contribution in [-0.4, -0.2) is 59.8 Å². The highest BCUT2D eigenvalue weighted by Gasteiger charge is 2.50. The van der Waals surface area contributed by atoms with Crippen molar-refractivity contribution in [1.82, 2.24) is 38.8 Å². The third kappa shape index (κ3) is 4.60. The summed E-state index contributed by atoms with van der Waals surface area (Å²) in [5, 5.41) is 6.95. The van der Waals surface area contributed by atoms with Gasteiger partial charge in [-0.05, 0) is 43.0 Å². The number of fused-ring (bicyclic) bond motifs is 2. The monoisotopic (exact) mass is 578 g/mol. The average molecular weight is 579 g/mol. The Kier molecular flexibility index (Phi) is 6.14. The molecule has 3 aromatic heterocycles. The molecular weight excluding hydrogens is 556 g/mol. The van der Waals surface area contributed by atoms with Gasteiger partial charge in [-0.1, -0.05) is 6.07 Å². The first kappa shape index (κ1) is 26.3. The smallest absolute Gasteiger partial charge is 0.347 e. The van der Waals surface area contributed by atoms with Gasteiger partial charge in [-0.15, -0.1) is 0 Å². The van der Waals surface area contributed by atoms with Crippen LogP contribution in [0.3, 0.4) is 0 Å². The zero-order valence-electron chi connectivity index (χ0n) is 21.0. The second-order valence-electron chi connectivity index (χ2n) is 9.78. The van der Waals surface area contributed by atoms with Crippen molar-refractivity contribution in [3.63, 3.8) is 0 Å². The fourth-order valence-corrected chi connectivity index (χ4v) is 5.51. The summed E-state index contributed by atoms with van der Waals surface area (Å²) >= 11 is 0. The summed E-state index contributed by atoms with van der Waals surface area (Å²) in [4.78, 5) is 26.1. The van der Waals surface area contributed by atoms with E-state index in [0.717, 1.165) is 18.4 Å². The van der Waals surface area contributed by atoms with Gasteiger partial charge in [0.25, 0.3) is 5.91 Å². The van der Waals surface area contributed by atoms with Crippen molar-refractivity contribution in [2.24, 2.45) is 0 Å². The summed E-state index contributed by atoms with van der Waals surface area (Å²) in [6.45, 7) is 0.640. The lowest BCUT2D eigenvalue weighted by atomic mass is 10.1. The van der Waals surface area contributed by atoms with Gasteiger partial charge >= 0.3 is 15.5 Å². The van der Waals surface area contributed by atoms with Crippen LogP contribution in [0.5, 0.6) is 0 Å². The Hall–Kier alpha value is -3.92. The second-order valence-corrected chi connectivity index (χ2v) is 11.7. The fraction of sp³-hybridized carbons (Fsp3) is 0.375. The second kappa shape index (κ2) is 9.33. The summed E-state index contributed by atoms with van der Waals surface area (Å²) in [6, 6.07) is 4.18. The van der Waals surface area contributed by atoms with Crippen molar-refractivity contribution < 1.29 is 30.8 Å². The summed E-state index contributed by atoms with van der Waals surface area (Å²) in [6.07, 6.45) is 5.35. The summed E-state index contributed by atoms with van der Waals surface area (Å²) in [7, 11) is -5.52. The van der Waals surface area contributed by atoms with Crippen molar-refractivity contribution in [2.45, 2.75) is 50.8 Å². The van der Waals surface area contributed by atoms with Crippen LogP contribution in [0.4, 0.5) is 17.6 Å². The Morgan fingerprint density at radius 3 is 2.65 bits per heavy atom. The van der Waals surface area contributed by atoms with Gasteiger partial charge in [-0.2, -0.15) is 22.6 Å². The minimum atomic E-state index is -5.52. The van der Waals surface area contributed by atoms with Crippen LogP contribution in [0.25, 0.3) is 17.2 Å². The first-order chi connectivity index (χ1) is 18.9. The van der Waals surface area contributed by atoms with Crippen molar-refractivity contribution in [3.05, 3.63) is 64.7 Å². The average Bonchev–Trinajstić information content (AvgIpc) is 3.54. The molecule has 0 bridgehead atoms. The van der Waals surface area contributed by atoms with Crippen LogP contribution in [0.1, 0.15) is 51.9 Å². The largest absolute Gasteiger partial charge is 0.511 e. The van der Waals surface area contributed by atoms with Gasteiger partial charge < -0.3 is 5.32 Å². The van der Waals surface area contributed by atoms with E-state index in [1.165, 1.54) is 16.8 Å². The number of halogens is 4. The van der Waals surface area contributed by atoms with E-state index in [2.05, 4.69) is 25.4 Å². The van der Waals surface area contributed by atoms with Gasteiger partial charge in [-0.3, -0.25) is 9.20 Å². The molecule has 1 aliphatic heterocycles. The molecule has 0 unspecified atom stereocenters. The van der Waals surface area contributed by atoms with Gasteiger partial charge in [0.2, 0.25) is 5.78 Å². The van der Waals surface area contributed by atoms with Crippen molar-refractivity contribution in [3.8, 4) is 11.4 Å². The number of alkyl halides is 3.